The maximum Gasteiger partial charge on any atom is 0.273 e. The molecular formula is C16H19FN4O3. The van der Waals surface area contributed by atoms with E-state index in [1.165, 1.54) is 12.1 Å². The number of nitrogens with zero attached hydrogens (tertiary/aromatic N) is 3. The summed E-state index contributed by atoms with van der Waals surface area (Å²) in [6.07, 6.45) is 2.45. The average Bonchev–Trinajstić information content (AvgIpc) is 3.00. The van der Waals surface area contributed by atoms with Crippen LogP contribution in [-0.4, -0.2) is 46.4 Å². The fourth-order valence-electron chi connectivity index (χ4n) is 2.82. The molecule has 0 aromatic carbocycles. The van der Waals surface area contributed by atoms with Gasteiger partial charge in [-0.15, -0.1) is 0 Å². The lowest BCUT2D eigenvalue weighted by Gasteiger charge is -2.39. The van der Waals surface area contributed by atoms with Crippen molar-refractivity contribution in [3.8, 4) is 0 Å². The van der Waals surface area contributed by atoms with E-state index in [0.717, 1.165) is 19.2 Å². The van der Waals surface area contributed by atoms with Crippen molar-refractivity contribution in [3.63, 3.8) is 0 Å². The number of hydrogen-bond acceptors (Lipinski definition) is 6. The SMILES string of the molecule is Cc1cc(C(=O)NC[C@@]2(O)CCCN(c3ccc(F)cn3)C2)no1. The van der Waals surface area contributed by atoms with Gasteiger partial charge < -0.3 is 19.8 Å². The largest absolute Gasteiger partial charge is 0.386 e. The number of aryl methyl sites for hydroxylation is 1. The van der Waals surface area contributed by atoms with Gasteiger partial charge >= 0.3 is 0 Å². The number of carbonyl (C=O) groups excluding carboxylic acids is 1. The summed E-state index contributed by atoms with van der Waals surface area (Å²) in [5.74, 6) is 0.358. The monoisotopic (exact) mass is 334 g/mol. The number of hydrogen-bond donors (Lipinski definition) is 2. The van der Waals surface area contributed by atoms with Crippen LogP contribution >= 0.6 is 0 Å². The highest BCUT2D eigenvalue weighted by Gasteiger charge is 2.34. The molecule has 2 aromatic rings. The third kappa shape index (κ3) is 3.70. The van der Waals surface area contributed by atoms with Gasteiger partial charge in [0.15, 0.2) is 5.69 Å². The highest BCUT2D eigenvalue weighted by molar-refractivity contribution is 5.92. The number of halogens is 1. The predicted octanol–water partition coefficient (Wildman–Crippen LogP) is 1.28. The van der Waals surface area contributed by atoms with Gasteiger partial charge in [0.05, 0.1) is 11.8 Å². The van der Waals surface area contributed by atoms with E-state index in [2.05, 4.69) is 15.5 Å². The molecule has 0 saturated carbocycles. The third-order valence-corrected chi connectivity index (χ3v) is 4.03. The molecule has 8 heteroatoms. The summed E-state index contributed by atoms with van der Waals surface area (Å²) in [4.78, 5) is 17.9. The zero-order valence-electron chi connectivity index (χ0n) is 13.3. The van der Waals surface area contributed by atoms with Crippen LogP contribution in [0.2, 0.25) is 0 Å². The summed E-state index contributed by atoms with van der Waals surface area (Å²) >= 11 is 0. The normalized spacial score (nSPS) is 20.9. The molecule has 1 aliphatic rings. The number of aliphatic hydroxyl groups is 1. The molecule has 2 N–H and O–H groups in total. The quantitative estimate of drug-likeness (QED) is 0.875. The van der Waals surface area contributed by atoms with E-state index in [9.17, 15) is 14.3 Å². The lowest BCUT2D eigenvalue weighted by atomic mass is 9.92. The van der Waals surface area contributed by atoms with E-state index in [1.54, 1.807) is 13.0 Å². The molecule has 0 bridgehead atoms. The van der Waals surface area contributed by atoms with Gasteiger partial charge in [0.25, 0.3) is 5.91 Å². The maximum atomic E-state index is 13.0. The summed E-state index contributed by atoms with van der Waals surface area (Å²) in [5, 5.41) is 17.1. The van der Waals surface area contributed by atoms with Crippen molar-refractivity contribution in [1.82, 2.24) is 15.5 Å². The molecule has 1 atom stereocenters. The Morgan fingerprint density at radius 2 is 2.38 bits per heavy atom. The number of amides is 1. The average molecular weight is 334 g/mol. The topological polar surface area (TPSA) is 91.5 Å². The van der Waals surface area contributed by atoms with Crippen LogP contribution in [0.4, 0.5) is 10.2 Å². The van der Waals surface area contributed by atoms with Gasteiger partial charge in [0, 0.05) is 25.7 Å². The summed E-state index contributed by atoms with van der Waals surface area (Å²) < 4.78 is 17.9. The van der Waals surface area contributed by atoms with Crippen LogP contribution in [-0.2, 0) is 0 Å². The van der Waals surface area contributed by atoms with Crippen LogP contribution in [0, 0.1) is 12.7 Å². The molecule has 1 fully saturated rings. The predicted molar refractivity (Wildman–Crippen MR) is 84.2 cm³/mol. The van der Waals surface area contributed by atoms with Crippen molar-refractivity contribution in [1.29, 1.82) is 0 Å². The fraction of sp³-hybridized carbons (Fsp3) is 0.438. The molecule has 7 nitrogen and oxygen atoms in total. The first-order valence-corrected chi connectivity index (χ1v) is 7.76. The Morgan fingerprint density at radius 1 is 1.54 bits per heavy atom. The van der Waals surface area contributed by atoms with Crippen molar-refractivity contribution < 1.29 is 18.8 Å². The summed E-state index contributed by atoms with van der Waals surface area (Å²) in [7, 11) is 0. The minimum Gasteiger partial charge on any atom is -0.386 e. The second-order valence-electron chi connectivity index (χ2n) is 6.09. The first-order valence-electron chi connectivity index (χ1n) is 7.76. The standard InChI is InChI=1S/C16H19FN4O3/c1-11-7-13(20-24-11)15(22)19-9-16(23)5-2-6-21(10-16)14-4-3-12(17)8-18-14/h3-4,7-8,23H,2,5-6,9-10H2,1H3,(H,19,22)/t16-/m0/s1. The van der Waals surface area contributed by atoms with Crippen molar-refractivity contribution in [2.45, 2.75) is 25.4 Å². The third-order valence-electron chi connectivity index (χ3n) is 4.03. The molecule has 0 radical (unpaired) electrons. The Balaban J connectivity index is 1.62. The number of rotatable bonds is 4. The second-order valence-corrected chi connectivity index (χ2v) is 6.09. The van der Waals surface area contributed by atoms with Gasteiger partial charge in [-0.2, -0.15) is 0 Å². The van der Waals surface area contributed by atoms with Gasteiger partial charge in [0.2, 0.25) is 0 Å². The van der Waals surface area contributed by atoms with Crippen molar-refractivity contribution in [2.75, 3.05) is 24.5 Å². The lowest BCUT2D eigenvalue weighted by Crippen LogP contribution is -2.54. The van der Waals surface area contributed by atoms with Gasteiger partial charge in [-0.3, -0.25) is 4.79 Å². The number of nitrogens with one attached hydrogen (secondary N) is 1. The molecule has 128 valence electrons. The molecular weight excluding hydrogens is 315 g/mol. The van der Waals surface area contributed by atoms with Gasteiger partial charge in [-0.25, -0.2) is 9.37 Å². The van der Waals surface area contributed by atoms with E-state index >= 15 is 0 Å². The number of piperidine rings is 1. The van der Waals surface area contributed by atoms with Crippen LogP contribution in [0.3, 0.4) is 0 Å². The molecule has 1 saturated heterocycles. The van der Waals surface area contributed by atoms with Gasteiger partial charge in [-0.1, -0.05) is 5.16 Å². The highest BCUT2D eigenvalue weighted by atomic mass is 19.1. The zero-order chi connectivity index (χ0) is 17.2. The first kappa shape index (κ1) is 16.4. The number of pyridine rings is 1. The molecule has 1 aliphatic heterocycles. The first-order chi connectivity index (χ1) is 11.5. The van der Waals surface area contributed by atoms with Crippen LogP contribution in [0.15, 0.2) is 28.9 Å². The smallest absolute Gasteiger partial charge is 0.273 e. The Hall–Kier alpha value is -2.48. The molecule has 1 amide bonds. The maximum absolute atomic E-state index is 13.0. The lowest BCUT2D eigenvalue weighted by molar-refractivity contribution is 0.0253. The summed E-state index contributed by atoms with van der Waals surface area (Å²) in [5.41, 5.74) is -0.896. The number of β-amino-alcohol motifs (C(OH)–C–C–N with tert-alkyl or cyclic N) is 1. The van der Waals surface area contributed by atoms with Crippen LogP contribution in [0.5, 0.6) is 0 Å². The van der Waals surface area contributed by atoms with Crippen LogP contribution in [0.25, 0.3) is 0 Å². The van der Waals surface area contributed by atoms with E-state index in [-0.39, 0.29) is 12.2 Å². The van der Waals surface area contributed by atoms with Gasteiger partial charge in [-0.05, 0) is 31.9 Å². The fourth-order valence-corrected chi connectivity index (χ4v) is 2.82. The summed E-state index contributed by atoms with van der Waals surface area (Å²) in [6.45, 7) is 2.82. The van der Waals surface area contributed by atoms with E-state index in [0.29, 0.717) is 24.5 Å². The minimum absolute atomic E-state index is 0.0927. The molecule has 3 heterocycles. The minimum atomic E-state index is -1.08. The molecule has 2 aromatic heterocycles. The Bertz CT molecular complexity index is 718. The Kier molecular flexibility index (Phi) is 4.48. The zero-order valence-corrected chi connectivity index (χ0v) is 13.3. The molecule has 0 unspecified atom stereocenters. The Labute approximate surface area is 138 Å². The molecule has 24 heavy (non-hydrogen) atoms. The molecule has 3 rings (SSSR count). The highest BCUT2D eigenvalue weighted by Crippen LogP contribution is 2.24. The number of carbonyl (C=O) groups is 1. The van der Waals surface area contributed by atoms with Crippen molar-refractivity contribution in [2.24, 2.45) is 0 Å². The van der Waals surface area contributed by atoms with Gasteiger partial charge in [0.1, 0.15) is 17.4 Å². The second kappa shape index (κ2) is 6.56. The van der Waals surface area contributed by atoms with E-state index < -0.39 is 17.3 Å². The van der Waals surface area contributed by atoms with E-state index in [4.69, 9.17) is 4.52 Å². The van der Waals surface area contributed by atoms with Crippen molar-refractivity contribution >= 4 is 11.7 Å². The molecule has 0 aliphatic carbocycles. The van der Waals surface area contributed by atoms with Crippen molar-refractivity contribution in [3.05, 3.63) is 41.7 Å². The van der Waals surface area contributed by atoms with Crippen LogP contribution in [0.1, 0.15) is 29.1 Å². The Morgan fingerprint density at radius 3 is 3.04 bits per heavy atom. The number of anilines is 1. The van der Waals surface area contributed by atoms with Crippen LogP contribution < -0.4 is 10.2 Å². The summed E-state index contributed by atoms with van der Waals surface area (Å²) in [6, 6.07) is 4.46. The molecule has 0 spiro atoms. The number of aromatic nitrogens is 2. The van der Waals surface area contributed by atoms with E-state index in [1.807, 2.05) is 4.90 Å².